The molecule has 7 aromatic rings. The van der Waals surface area contributed by atoms with Gasteiger partial charge in [0.15, 0.2) is 11.6 Å². The van der Waals surface area contributed by atoms with E-state index in [0.717, 1.165) is 44.8 Å². The largest absolute Gasteiger partial charge is 0.478 e. The number of aromatic nitrogens is 3. The van der Waals surface area contributed by atoms with Crippen molar-refractivity contribution in [1.29, 1.82) is 0 Å². The van der Waals surface area contributed by atoms with Crippen LogP contribution in [0.3, 0.4) is 0 Å². The molecule has 0 aliphatic carbocycles. The Morgan fingerprint density at radius 3 is 1.44 bits per heavy atom. The molecular formula is C53H46Cl2N6O5. The van der Waals surface area contributed by atoms with Gasteiger partial charge in [0.1, 0.15) is 5.82 Å². The fraction of sp³-hybridized carbons (Fsp3) is 0.189. The molecule has 332 valence electrons. The SMILES string of the molecule is O=C(Nc1ccccn1)c1ccc(CN2Cc3ccc(Cl)cc3CC(=O)[C@H]2Cc2ccccn2)cc1.O=C(O)c1ccc(CN2Cc3ccc(Cl)cc3CC(=O)[C@H]2Cc2ccccn2)cc1. The van der Waals surface area contributed by atoms with Crippen LogP contribution in [0.25, 0.3) is 0 Å². The van der Waals surface area contributed by atoms with Crippen LogP contribution in [0.4, 0.5) is 5.82 Å². The third-order valence-electron chi connectivity index (χ3n) is 11.8. The lowest BCUT2D eigenvalue weighted by atomic mass is 9.99. The Hall–Kier alpha value is -6.89. The number of hydrogen-bond donors (Lipinski definition) is 2. The Kier molecular flexibility index (Phi) is 14.8. The first-order valence-corrected chi connectivity index (χ1v) is 22.3. The molecule has 2 N–H and O–H groups in total. The molecule has 0 saturated heterocycles. The number of anilines is 1. The topological polar surface area (TPSA) is 146 Å². The number of rotatable bonds is 11. The van der Waals surface area contributed by atoms with Crippen molar-refractivity contribution in [3.05, 3.63) is 224 Å². The standard InChI is InChI=1S/C29H25ClN4O2.C24H21ClN2O3/c30-24-12-11-22-19-34(26(27(35)16-23(22)15-24)17-25-5-1-3-13-31-25)18-20-7-9-21(10-8-20)29(36)33-28-6-2-4-14-32-28;25-20-9-8-18-15-27(14-16-4-6-17(7-5-16)24(29)30)22(23(28)12-19(18)11-20)13-21-3-1-2-10-26-21/h1-15,26H,16-19H2,(H,32,33,36);1-11,22H,12-15H2,(H,29,30)/t26-;22-/m11/s1. The van der Waals surface area contributed by atoms with Gasteiger partial charge >= 0.3 is 5.97 Å². The summed E-state index contributed by atoms with van der Waals surface area (Å²) in [5.41, 5.74) is 8.62. The Labute approximate surface area is 393 Å². The molecule has 0 spiro atoms. The normalized spacial score (nSPS) is 16.2. The number of halogens is 2. The zero-order valence-corrected chi connectivity index (χ0v) is 37.4. The van der Waals surface area contributed by atoms with Crippen LogP contribution in [0.1, 0.15) is 65.5 Å². The van der Waals surface area contributed by atoms with Gasteiger partial charge in [0.05, 0.1) is 17.6 Å². The summed E-state index contributed by atoms with van der Waals surface area (Å²) in [5, 5.41) is 13.2. The van der Waals surface area contributed by atoms with Crippen LogP contribution in [0.15, 0.2) is 158 Å². The lowest BCUT2D eigenvalue weighted by Crippen LogP contribution is -2.41. The zero-order valence-electron chi connectivity index (χ0n) is 35.9. The number of pyridine rings is 3. The van der Waals surface area contributed by atoms with Crippen LogP contribution < -0.4 is 5.32 Å². The predicted octanol–water partition coefficient (Wildman–Crippen LogP) is 9.29. The highest BCUT2D eigenvalue weighted by Crippen LogP contribution is 2.29. The van der Waals surface area contributed by atoms with Crippen LogP contribution >= 0.6 is 23.2 Å². The summed E-state index contributed by atoms with van der Waals surface area (Å²) in [6, 6.07) is 41.9. The number of Topliss-reactive ketones (excluding diaryl/α,β-unsaturated/α-hetero) is 2. The number of ketones is 2. The van der Waals surface area contributed by atoms with E-state index in [9.17, 15) is 19.2 Å². The zero-order chi connectivity index (χ0) is 46.0. The van der Waals surface area contributed by atoms with E-state index in [2.05, 4.69) is 30.1 Å². The Morgan fingerprint density at radius 1 is 0.561 bits per heavy atom. The van der Waals surface area contributed by atoms with Crippen molar-refractivity contribution >= 4 is 52.5 Å². The summed E-state index contributed by atoms with van der Waals surface area (Å²) in [6.45, 7) is 2.33. The summed E-state index contributed by atoms with van der Waals surface area (Å²) in [5.74, 6) is -0.392. The molecule has 0 saturated carbocycles. The monoisotopic (exact) mass is 916 g/mol. The fourth-order valence-electron chi connectivity index (χ4n) is 8.36. The van der Waals surface area contributed by atoms with Gasteiger partial charge in [-0.2, -0.15) is 0 Å². The van der Waals surface area contributed by atoms with Gasteiger partial charge < -0.3 is 10.4 Å². The third-order valence-corrected chi connectivity index (χ3v) is 12.3. The molecule has 66 heavy (non-hydrogen) atoms. The number of nitrogens with zero attached hydrogens (tertiary/aromatic N) is 5. The molecule has 5 heterocycles. The van der Waals surface area contributed by atoms with Crippen molar-refractivity contribution in [2.24, 2.45) is 0 Å². The summed E-state index contributed by atoms with van der Waals surface area (Å²) in [6.07, 6.45) is 6.86. The average molecular weight is 918 g/mol. The number of carbonyl (C=O) groups is 4. The van der Waals surface area contributed by atoms with Crippen molar-refractivity contribution in [2.45, 2.75) is 63.9 Å². The minimum Gasteiger partial charge on any atom is -0.478 e. The quantitative estimate of drug-likeness (QED) is 0.129. The highest BCUT2D eigenvalue weighted by molar-refractivity contribution is 6.31. The van der Waals surface area contributed by atoms with Gasteiger partial charge in [-0.3, -0.25) is 34.2 Å². The number of carboxylic acid groups (broad SMARTS) is 1. The molecule has 2 aliphatic rings. The molecule has 0 unspecified atom stereocenters. The number of aromatic carboxylic acids is 1. The molecule has 2 aliphatic heterocycles. The van der Waals surface area contributed by atoms with Gasteiger partial charge in [-0.1, -0.05) is 77.8 Å². The van der Waals surface area contributed by atoms with E-state index < -0.39 is 5.97 Å². The number of nitrogens with one attached hydrogen (secondary N) is 1. The minimum absolute atomic E-state index is 0.129. The Bertz CT molecular complexity index is 2820. The summed E-state index contributed by atoms with van der Waals surface area (Å²) < 4.78 is 0. The molecule has 4 aromatic carbocycles. The van der Waals surface area contributed by atoms with E-state index in [1.807, 2.05) is 91.0 Å². The van der Waals surface area contributed by atoms with Crippen molar-refractivity contribution in [3.63, 3.8) is 0 Å². The lowest BCUT2D eigenvalue weighted by molar-refractivity contribution is -0.124. The second kappa shape index (κ2) is 21.4. The summed E-state index contributed by atoms with van der Waals surface area (Å²) in [4.78, 5) is 67.8. The smallest absolute Gasteiger partial charge is 0.335 e. The highest BCUT2D eigenvalue weighted by atomic mass is 35.5. The fourth-order valence-corrected chi connectivity index (χ4v) is 8.75. The van der Waals surface area contributed by atoms with Crippen LogP contribution in [0.2, 0.25) is 10.0 Å². The van der Waals surface area contributed by atoms with E-state index in [0.29, 0.717) is 73.3 Å². The van der Waals surface area contributed by atoms with Crippen LogP contribution in [0.5, 0.6) is 0 Å². The van der Waals surface area contributed by atoms with Gasteiger partial charge in [-0.15, -0.1) is 0 Å². The molecule has 0 fully saturated rings. The average Bonchev–Trinajstić information content (AvgIpc) is 3.53. The van der Waals surface area contributed by atoms with Crippen LogP contribution in [-0.4, -0.2) is 65.4 Å². The summed E-state index contributed by atoms with van der Waals surface area (Å²) in [7, 11) is 0. The van der Waals surface area contributed by atoms with Gasteiger partial charge in [-0.25, -0.2) is 9.78 Å². The van der Waals surface area contributed by atoms with Gasteiger partial charge in [-0.05, 0) is 118 Å². The molecule has 2 atom stereocenters. The van der Waals surface area contributed by atoms with Crippen LogP contribution in [0, 0.1) is 0 Å². The molecule has 13 heteroatoms. The number of amides is 1. The van der Waals surface area contributed by atoms with Crippen molar-refractivity contribution in [3.8, 4) is 0 Å². The lowest BCUT2D eigenvalue weighted by Gasteiger charge is -2.29. The highest BCUT2D eigenvalue weighted by Gasteiger charge is 2.32. The minimum atomic E-state index is -0.953. The first-order valence-electron chi connectivity index (χ1n) is 21.6. The van der Waals surface area contributed by atoms with Gasteiger partial charge in [0, 0.05) is 97.4 Å². The second-order valence-electron chi connectivity index (χ2n) is 16.4. The molecule has 0 radical (unpaired) electrons. The Morgan fingerprint density at radius 2 is 1.02 bits per heavy atom. The van der Waals surface area contributed by atoms with E-state index in [-0.39, 0.29) is 35.1 Å². The van der Waals surface area contributed by atoms with Gasteiger partial charge in [0.2, 0.25) is 0 Å². The number of hydrogen-bond acceptors (Lipinski definition) is 9. The van der Waals surface area contributed by atoms with Gasteiger partial charge in [0.25, 0.3) is 5.91 Å². The van der Waals surface area contributed by atoms with E-state index in [1.54, 1.807) is 67.1 Å². The van der Waals surface area contributed by atoms with E-state index in [4.69, 9.17) is 28.3 Å². The third kappa shape index (κ3) is 11.9. The first kappa shape index (κ1) is 45.7. The van der Waals surface area contributed by atoms with E-state index in [1.165, 1.54) is 0 Å². The molecule has 9 rings (SSSR count). The first-order chi connectivity index (χ1) is 32.0. The Balaban J connectivity index is 0.000000182. The maximum atomic E-state index is 13.4. The number of fused-ring (bicyclic) bond motifs is 2. The maximum absolute atomic E-state index is 13.4. The molecule has 3 aromatic heterocycles. The van der Waals surface area contributed by atoms with Crippen molar-refractivity contribution in [2.75, 3.05) is 5.32 Å². The molecule has 1 amide bonds. The van der Waals surface area contributed by atoms with Crippen LogP contribution in [-0.2, 0) is 61.5 Å². The number of benzene rings is 4. The maximum Gasteiger partial charge on any atom is 0.335 e. The number of carboxylic acids is 1. The number of carbonyl (C=O) groups excluding carboxylic acids is 3. The van der Waals surface area contributed by atoms with Crippen molar-refractivity contribution < 1.29 is 24.3 Å². The molecule has 11 nitrogen and oxygen atoms in total. The molecular weight excluding hydrogens is 872 g/mol. The summed E-state index contributed by atoms with van der Waals surface area (Å²) >= 11 is 12.4. The van der Waals surface area contributed by atoms with Crippen molar-refractivity contribution in [1.82, 2.24) is 24.8 Å². The van der Waals surface area contributed by atoms with E-state index >= 15 is 0 Å². The molecule has 0 bridgehead atoms. The predicted molar refractivity (Wildman–Crippen MR) is 254 cm³/mol. The second-order valence-corrected chi connectivity index (χ2v) is 17.2.